The second kappa shape index (κ2) is 14.6. The number of nitrogens with one attached hydrogen (secondary N) is 4. The standard InChI is InChI=1S/C25H39N9O4/c1-14(2)10-19(33-22(36)17(26)7-5-9-30-25(28)29)24(38)34-20(23(37)32-13-21(27)35)11-15-12-31-18-8-4-3-6-16(15)18/h3-4,6,8,12,14,17,19-20,31H,5,7,9-11,13,26H2,1-2H3,(H2,27,35)(H,32,37)(H,33,36)(H,34,38)(H4,28,29,30)/t17-,19-,20-/m0/s1. The van der Waals surface area contributed by atoms with Crippen LogP contribution in [0.2, 0.25) is 0 Å². The van der Waals surface area contributed by atoms with Gasteiger partial charge >= 0.3 is 0 Å². The maximum Gasteiger partial charge on any atom is 0.243 e. The predicted octanol–water partition coefficient (Wildman–Crippen LogP) is -1.29. The number of para-hydroxylation sites is 1. The van der Waals surface area contributed by atoms with E-state index < -0.39 is 41.8 Å². The number of amides is 4. The van der Waals surface area contributed by atoms with E-state index in [1.165, 1.54) is 0 Å². The molecule has 1 aromatic carbocycles. The second-order valence-corrected chi connectivity index (χ2v) is 9.55. The SMILES string of the molecule is CC(C)C[C@H](NC(=O)[C@@H](N)CCCN=C(N)N)C(=O)N[C@@H](Cc1c[nH]c2ccccc12)C(=O)NCC(N)=O. The molecule has 0 aliphatic heterocycles. The minimum Gasteiger partial charge on any atom is -0.370 e. The van der Waals surface area contributed by atoms with Gasteiger partial charge in [-0.15, -0.1) is 0 Å². The van der Waals surface area contributed by atoms with Crippen molar-refractivity contribution in [3.63, 3.8) is 0 Å². The summed E-state index contributed by atoms with van der Waals surface area (Å²) in [6, 6.07) is 4.72. The zero-order chi connectivity index (χ0) is 28.2. The van der Waals surface area contributed by atoms with Crippen LogP contribution in [0.3, 0.4) is 0 Å². The molecular weight excluding hydrogens is 490 g/mol. The monoisotopic (exact) mass is 529 g/mol. The fraction of sp³-hybridized carbons (Fsp3) is 0.480. The molecule has 2 aromatic rings. The molecule has 0 aliphatic carbocycles. The van der Waals surface area contributed by atoms with Crippen LogP contribution in [-0.4, -0.2) is 65.8 Å². The quantitative estimate of drug-likeness (QED) is 0.0788. The average molecular weight is 530 g/mol. The highest BCUT2D eigenvalue weighted by Crippen LogP contribution is 2.19. The van der Waals surface area contributed by atoms with Gasteiger partial charge in [-0.1, -0.05) is 32.0 Å². The van der Waals surface area contributed by atoms with Crippen LogP contribution in [0.15, 0.2) is 35.5 Å². The van der Waals surface area contributed by atoms with Crippen LogP contribution < -0.4 is 38.9 Å². The number of carbonyl (C=O) groups excluding carboxylic acids is 4. The molecule has 12 N–H and O–H groups in total. The lowest BCUT2D eigenvalue weighted by molar-refractivity contribution is -0.133. The zero-order valence-corrected chi connectivity index (χ0v) is 21.8. The summed E-state index contributed by atoms with van der Waals surface area (Å²) in [7, 11) is 0. The summed E-state index contributed by atoms with van der Waals surface area (Å²) >= 11 is 0. The molecule has 0 saturated heterocycles. The van der Waals surface area contributed by atoms with E-state index in [1.807, 2.05) is 38.1 Å². The lowest BCUT2D eigenvalue weighted by Gasteiger charge is -2.25. The van der Waals surface area contributed by atoms with Crippen molar-refractivity contribution in [1.29, 1.82) is 0 Å². The minimum absolute atomic E-state index is 0.0428. The first-order chi connectivity index (χ1) is 18.0. The Labute approximate surface area is 221 Å². The number of carbonyl (C=O) groups is 4. The number of aliphatic imine (C=N–C) groups is 1. The van der Waals surface area contributed by atoms with Crippen molar-refractivity contribution >= 4 is 40.5 Å². The summed E-state index contributed by atoms with van der Waals surface area (Å²) in [5.74, 6) is -2.32. The molecular formula is C25H39N9O4. The largest absolute Gasteiger partial charge is 0.370 e. The number of rotatable bonds is 15. The molecule has 0 aliphatic rings. The summed E-state index contributed by atoms with van der Waals surface area (Å²) < 4.78 is 0. The summed E-state index contributed by atoms with van der Waals surface area (Å²) in [4.78, 5) is 57.2. The van der Waals surface area contributed by atoms with Crippen LogP contribution in [-0.2, 0) is 25.6 Å². The molecule has 0 spiro atoms. The lowest BCUT2D eigenvalue weighted by Crippen LogP contribution is -2.57. The number of hydrogen-bond acceptors (Lipinski definition) is 6. The van der Waals surface area contributed by atoms with Crippen LogP contribution in [0.25, 0.3) is 10.9 Å². The van der Waals surface area contributed by atoms with E-state index in [1.54, 1.807) is 6.20 Å². The molecule has 13 nitrogen and oxygen atoms in total. The molecule has 4 amide bonds. The lowest BCUT2D eigenvalue weighted by atomic mass is 10.00. The Kier molecular flexibility index (Phi) is 11.5. The molecule has 1 heterocycles. The maximum absolute atomic E-state index is 13.3. The number of benzene rings is 1. The van der Waals surface area contributed by atoms with E-state index in [4.69, 9.17) is 22.9 Å². The van der Waals surface area contributed by atoms with Gasteiger partial charge in [-0.05, 0) is 36.8 Å². The molecule has 38 heavy (non-hydrogen) atoms. The van der Waals surface area contributed by atoms with Crippen molar-refractivity contribution in [3.8, 4) is 0 Å². The Hall–Kier alpha value is -4.13. The van der Waals surface area contributed by atoms with E-state index in [0.29, 0.717) is 25.8 Å². The van der Waals surface area contributed by atoms with Gasteiger partial charge in [-0.3, -0.25) is 24.2 Å². The summed E-state index contributed by atoms with van der Waals surface area (Å²) in [5.41, 5.74) is 23.5. The summed E-state index contributed by atoms with van der Waals surface area (Å²) in [6.45, 7) is 3.77. The van der Waals surface area contributed by atoms with Crippen molar-refractivity contribution in [2.45, 2.75) is 57.7 Å². The van der Waals surface area contributed by atoms with Crippen molar-refractivity contribution in [2.75, 3.05) is 13.1 Å². The second-order valence-electron chi connectivity index (χ2n) is 9.55. The van der Waals surface area contributed by atoms with Gasteiger partial charge in [-0.2, -0.15) is 0 Å². The van der Waals surface area contributed by atoms with Crippen molar-refractivity contribution < 1.29 is 19.2 Å². The van der Waals surface area contributed by atoms with Crippen molar-refractivity contribution in [3.05, 3.63) is 36.0 Å². The fourth-order valence-corrected chi connectivity index (χ4v) is 3.93. The number of H-pyrrole nitrogens is 1. The predicted molar refractivity (Wildman–Crippen MR) is 145 cm³/mol. The van der Waals surface area contributed by atoms with Crippen LogP contribution in [0.4, 0.5) is 0 Å². The Bertz CT molecular complexity index is 1140. The zero-order valence-electron chi connectivity index (χ0n) is 21.8. The topological polar surface area (TPSA) is 237 Å². The van der Waals surface area contributed by atoms with Crippen LogP contribution in [0.5, 0.6) is 0 Å². The highest BCUT2D eigenvalue weighted by atomic mass is 16.2. The number of guanidine groups is 1. The number of fused-ring (bicyclic) bond motifs is 1. The third kappa shape index (κ3) is 9.73. The Morgan fingerprint density at radius 1 is 0.974 bits per heavy atom. The highest BCUT2D eigenvalue weighted by Gasteiger charge is 2.29. The Balaban J connectivity index is 2.16. The third-order valence-corrected chi connectivity index (χ3v) is 5.81. The van der Waals surface area contributed by atoms with Gasteiger partial charge in [0.25, 0.3) is 0 Å². The van der Waals surface area contributed by atoms with Gasteiger partial charge in [0, 0.05) is 30.1 Å². The van der Waals surface area contributed by atoms with Gasteiger partial charge < -0.3 is 43.9 Å². The molecule has 0 saturated carbocycles. The Morgan fingerprint density at radius 2 is 1.66 bits per heavy atom. The van der Waals surface area contributed by atoms with Gasteiger partial charge in [0.2, 0.25) is 23.6 Å². The number of primary amides is 1. The number of aromatic amines is 1. The molecule has 208 valence electrons. The summed E-state index contributed by atoms with van der Waals surface area (Å²) in [6.07, 6.45) is 3.03. The molecule has 0 fully saturated rings. The van der Waals surface area contributed by atoms with Gasteiger partial charge in [0.1, 0.15) is 12.1 Å². The van der Waals surface area contributed by atoms with E-state index >= 15 is 0 Å². The van der Waals surface area contributed by atoms with E-state index in [9.17, 15) is 19.2 Å². The average Bonchev–Trinajstić information content (AvgIpc) is 3.26. The Morgan fingerprint density at radius 3 is 2.32 bits per heavy atom. The van der Waals surface area contributed by atoms with Gasteiger partial charge in [0.15, 0.2) is 5.96 Å². The van der Waals surface area contributed by atoms with Crippen molar-refractivity contribution in [1.82, 2.24) is 20.9 Å². The molecule has 2 rings (SSSR count). The number of nitrogens with two attached hydrogens (primary N) is 4. The van der Waals surface area contributed by atoms with Crippen LogP contribution in [0, 0.1) is 5.92 Å². The van der Waals surface area contributed by atoms with E-state index in [2.05, 4.69) is 25.9 Å². The van der Waals surface area contributed by atoms with Gasteiger partial charge in [-0.25, -0.2) is 0 Å². The van der Waals surface area contributed by atoms with Crippen LogP contribution >= 0.6 is 0 Å². The fourth-order valence-electron chi connectivity index (χ4n) is 3.93. The molecule has 1 aromatic heterocycles. The minimum atomic E-state index is -1.03. The number of nitrogens with zero attached hydrogens (tertiary/aromatic N) is 1. The molecule has 0 bridgehead atoms. The maximum atomic E-state index is 13.3. The van der Waals surface area contributed by atoms with Gasteiger partial charge in [0.05, 0.1) is 12.6 Å². The first-order valence-electron chi connectivity index (χ1n) is 12.5. The molecule has 13 heteroatoms. The molecule has 0 unspecified atom stereocenters. The smallest absolute Gasteiger partial charge is 0.243 e. The van der Waals surface area contributed by atoms with E-state index in [0.717, 1.165) is 16.5 Å². The van der Waals surface area contributed by atoms with Crippen molar-refractivity contribution in [2.24, 2.45) is 33.8 Å². The first kappa shape index (κ1) is 30.1. The first-order valence-corrected chi connectivity index (χ1v) is 12.5. The molecule has 3 atom stereocenters. The summed E-state index contributed by atoms with van der Waals surface area (Å²) in [5, 5.41) is 8.79. The normalized spacial score (nSPS) is 13.4. The highest BCUT2D eigenvalue weighted by molar-refractivity contribution is 5.94. The van der Waals surface area contributed by atoms with E-state index in [-0.39, 0.29) is 24.8 Å². The number of hydrogen-bond donors (Lipinski definition) is 8. The molecule has 0 radical (unpaired) electrons. The number of aromatic nitrogens is 1. The van der Waals surface area contributed by atoms with Crippen LogP contribution in [0.1, 0.15) is 38.7 Å². The third-order valence-electron chi connectivity index (χ3n) is 5.81.